The van der Waals surface area contributed by atoms with Crippen LogP contribution >= 0.6 is 0 Å². The van der Waals surface area contributed by atoms with E-state index in [1.807, 2.05) is 27.7 Å². The van der Waals surface area contributed by atoms with Crippen LogP contribution in [0.4, 0.5) is 0 Å². The quantitative estimate of drug-likeness (QED) is 0.593. The lowest BCUT2D eigenvalue weighted by atomic mass is 9.95. The minimum absolute atomic E-state index is 0.419. The van der Waals surface area contributed by atoms with Gasteiger partial charge >= 0.3 is 0 Å². The average molecular weight is 171 g/mol. The van der Waals surface area contributed by atoms with E-state index in [-0.39, 0.29) is 0 Å². The second-order valence-corrected chi connectivity index (χ2v) is 3.08. The first-order valence-electron chi connectivity index (χ1n) is 4.23. The van der Waals surface area contributed by atoms with E-state index in [0.29, 0.717) is 13.2 Å². The Hall–Kier alpha value is -0.590. The number of rotatable bonds is 5. The molecule has 0 saturated carbocycles. The van der Waals surface area contributed by atoms with Crippen LogP contribution in [0.2, 0.25) is 0 Å². The van der Waals surface area contributed by atoms with Crippen LogP contribution in [0.15, 0.2) is 0 Å². The fraction of sp³-hybridized carbons (Fsp3) is 0.889. The van der Waals surface area contributed by atoms with Crippen molar-refractivity contribution in [3.63, 3.8) is 0 Å². The molecule has 70 valence electrons. The van der Waals surface area contributed by atoms with Crippen molar-refractivity contribution in [2.45, 2.75) is 34.0 Å². The number of nitriles is 1. The van der Waals surface area contributed by atoms with E-state index >= 15 is 0 Å². The summed E-state index contributed by atoms with van der Waals surface area (Å²) in [6.45, 7) is 8.52. The van der Waals surface area contributed by atoms with Gasteiger partial charge in [0.25, 0.3) is 0 Å². The van der Waals surface area contributed by atoms with Crippen LogP contribution in [0.5, 0.6) is 0 Å². The molecule has 3 nitrogen and oxygen atoms in total. The van der Waals surface area contributed by atoms with Crippen molar-refractivity contribution >= 4 is 0 Å². The van der Waals surface area contributed by atoms with E-state index < -0.39 is 11.7 Å². The maximum Gasteiger partial charge on any atom is 0.175 e. The highest BCUT2D eigenvalue weighted by atomic mass is 16.7. The molecule has 0 aliphatic heterocycles. The van der Waals surface area contributed by atoms with Gasteiger partial charge in [-0.25, -0.2) is 0 Å². The molecule has 0 rings (SSSR count). The maximum absolute atomic E-state index is 8.81. The van der Waals surface area contributed by atoms with Gasteiger partial charge in [0.1, 0.15) is 5.41 Å². The minimum atomic E-state index is -0.577. The summed E-state index contributed by atoms with van der Waals surface area (Å²) in [6.07, 6.45) is -0.419. The fourth-order valence-electron chi connectivity index (χ4n) is 0.820. The highest BCUT2D eigenvalue weighted by Crippen LogP contribution is 2.22. The Morgan fingerprint density at radius 1 is 1.25 bits per heavy atom. The zero-order valence-corrected chi connectivity index (χ0v) is 8.26. The van der Waals surface area contributed by atoms with Gasteiger partial charge in [0, 0.05) is 13.2 Å². The van der Waals surface area contributed by atoms with E-state index in [2.05, 4.69) is 6.07 Å². The van der Waals surface area contributed by atoms with Gasteiger partial charge in [-0.2, -0.15) is 5.26 Å². The van der Waals surface area contributed by atoms with Crippen molar-refractivity contribution in [3.05, 3.63) is 0 Å². The number of hydrogen-bond acceptors (Lipinski definition) is 3. The first kappa shape index (κ1) is 11.4. The van der Waals surface area contributed by atoms with Crippen LogP contribution in [0.3, 0.4) is 0 Å². The molecule has 0 aliphatic rings. The van der Waals surface area contributed by atoms with Gasteiger partial charge in [0.2, 0.25) is 0 Å². The number of ether oxygens (including phenoxy) is 2. The lowest BCUT2D eigenvalue weighted by molar-refractivity contribution is -0.178. The second kappa shape index (κ2) is 5.13. The molecule has 0 aromatic rings. The van der Waals surface area contributed by atoms with Crippen LogP contribution in [0, 0.1) is 16.7 Å². The maximum atomic E-state index is 8.81. The molecule has 0 heterocycles. The largest absolute Gasteiger partial charge is 0.351 e. The summed E-state index contributed by atoms with van der Waals surface area (Å²) in [5.41, 5.74) is -0.577. The molecular weight excluding hydrogens is 154 g/mol. The molecular formula is C9H17NO2. The van der Waals surface area contributed by atoms with Crippen molar-refractivity contribution in [1.29, 1.82) is 5.26 Å². The summed E-state index contributed by atoms with van der Waals surface area (Å²) in [5, 5.41) is 8.81. The normalized spacial score (nSPS) is 11.7. The third-order valence-corrected chi connectivity index (χ3v) is 1.51. The van der Waals surface area contributed by atoms with E-state index in [9.17, 15) is 0 Å². The summed E-state index contributed by atoms with van der Waals surface area (Å²) in [5.74, 6) is 0. The number of nitrogens with zero attached hydrogens (tertiary/aromatic N) is 1. The Kier molecular flexibility index (Phi) is 4.87. The van der Waals surface area contributed by atoms with E-state index in [0.717, 1.165) is 0 Å². The zero-order valence-electron chi connectivity index (χ0n) is 8.26. The molecule has 0 aromatic carbocycles. The minimum Gasteiger partial charge on any atom is -0.351 e. The van der Waals surface area contributed by atoms with E-state index in [1.54, 1.807) is 0 Å². The molecule has 0 fully saturated rings. The molecule has 12 heavy (non-hydrogen) atoms. The smallest absolute Gasteiger partial charge is 0.175 e. The Balaban J connectivity index is 4.19. The zero-order chi connectivity index (χ0) is 9.61. The second-order valence-electron chi connectivity index (χ2n) is 3.08. The van der Waals surface area contributed by atoms with Crippen molar-refractivity contribution in [2.75, 3.05) is 13.2 Å². The summed E-state index contributed by atoms with van der Waals surface area (Å²) in [7, 11) is 0. The summed E-state index contributed by atoms with van der Waals surface area (Å²) < 4.78 is 10.6. The Labute approximate surface area is 74.3 Å². The van der Waals surface area contributed by atoms with E-state index in [4.69, 9.17) is 14.7 Å². The van der Waals surface area contributed by atoms with Gasteiger partial charge in [-0.15, -0.1) is 0 Å². The summed E-state index contributed by atoms with van der Waals surface area (Å²) in [6, 6.07) is 2.16. The molecule has 0 N–H and O–H groups in total. The monoisotopic (exact) mass is 171 g/mol. The predicted octanol–water partition coefficient (Wildman–Crippen LogP) is 1.94. The van der Waals surface area contributed by atoms with Gasteiger partial charge in [-0.1, -0.05) is 0 Å². The topological polar surface area (TPSA) is 42.2 Å². The Morgan fingerprint density at radius 2 is 1.67 bits per heavy atom. The Morgan fingerprint density at radius 3 is 1.92 bits per heavy atom. The van der Waals surface area contributed by atoms with Crippen LogP contribution < -0.4 is 0 Å². The molecule has 0 unspecified atom stereocenters. The van der Waals surface area contributed by atoms with Crippen LogP contribution in [0.1, 0.15) is 27.7 Å². The first-order valence-corrected chi connectivity index (χ1v) is 4.23. The molecule has 0 aromatic heterocycles. The van der Waals surface area contributed by atoms with E-state index in [1.165, 1.54) is 0 Å². The van der Waals surface area contributed by atoms with Crippen LogP contribution in [-0.2, 0) is 9.47 Å². The highest BCUT2D eigenvalue weighted by Gasteiger charge is 2.30. The molecule has 0 radical (unpaired) electrons. The van der Waals surface area contributed by atoms with Crippen molar-refractivity contribution in [2.24, 2.45) is 5.41 Å². The molecule has 0 atom stereocenters. The van der Waals surface area contributed by atoms with Gasteiger partial charge in [-0.05, 0) is 27.7 Å². The third-order valence-electron chi connectivity index (χ3n) is 1.51. The van der Waals surface area contributed by atoms with Gasteiger partial charge < -0.3 is 9.47 Å². The van der Waals surface area contributed by atoms with Gasteiger partial charge in [0.15, 0.2) is 6.29 Å². The summed E-state index contributed by atoms with van der Waals surface area (Å²) in [4.78, 5) is 0. The Bertz CT molecular complexity index is 154. The van der Waals surface area contributed by atoms with Crippen molar-refractivity contribution < 1.29 is 9.47 Å². The SMILES string of the molecule is CCOC(OCC)C(C)(C)C#N. The predicted molar refractivity (Wildman–Crippen MR) is 46.4 cm³/mol. The summed E-state index contributed by atoms with van der Waals surface area (Å²) >= 11 is 0. The van der Waals surface area contributed by atoms with Crippen LogP contribution in [-0.4, -0.2) is 19.5 Å². The highest BCUT2D eigenvalue weighted by molar-refractivity contribution is 4.94. The molecule has 0 aliphatic carbocycles. The first-order chi connectivity index (χ1) is 5.58. The molecule has 0 amide bonds. The number of hydrogen-bond donors (Lipinski definition) is 0. The van der Waals surface area contributed by atoms with Crippen LogP contribution in [0.25, 0.3) is 0 Å². The fourth-order valence-corrected chi connectivity index (χ4v) is 0.820. The average Bonchev–Trinajstić information content (AvgIpc) is 2.04. The van der Waals surface area contributed by atoms with Crippen molar-refractivity contribution in [1.82, 2.24) is 0 Å². The lowest BCUT2D eigenvalue weighted by Gasteiger charge is -2.26. The third kappa shape index (κ3) is 3.21. The van der Waals surface area contributed by atoms with Crippen molar-refractivity contribution in [3.8, 4) is 6.07 Å². The standard InChI is InChI=1S/C9H17NO2/c1-5-11-8(12-6-2)9(3,4)7-10/h8H,5-6H2,1-4H3. The molecule has 3 heteroatoms. The van der Waals surface area contributed by atoms with Gasteiger partial charge in [0.05, 0.1) is 6.07 Å². The van der Waals surface area contributed by atoms with Gasteiger partial charge in [-0.3, -0.25) is 0 Å². The lowest BCUT2D eigenvalue weighted by Crippen LogP contribution is -2.33. The molecule has 0 saturated heterocycles. The molecule has 0 spiro atoms. The molecule has 0 bridgehead atoms.